The fourth-order valence-corrected chi connectivity index (χ4v) is 3.38. The molecule has 154 valence electrons. The number of nitrogens with zero attached hydrogens (tertiary/aromatic N) is 1. The topological polar surface area (TPSA) is 78.9 Å². The first kappa shape index (κ1) is 20.9. The van der Waals surface area contributed by atoms with Crippen LogP contribution in [0, 0.1) is 0 Å². The number of carbonyl (C=O) groups excluding carboxylic acids is 2. The van der Waals surface area contributed by atoms with Gasteiger partial charge in [0, 0.05) is 13.0 Å². The largest absolute Gasteiger partial charge is 0.444 e. The molecule has 6 nitrogen and oxygen atoms in total. The summed E-state index contributed by atoms with van der Waals surface area (Å²) in [6.45, 7) is 5.78. The fourth-order valence-electron chi connectivity index (χ4n) is 3.38. The lowest BCUT2D eigenvalue weighted by Crippen LogP contribution is -2.54. The van der Waals surface area contributed by atoms with E-state index in [0.29, 0.717) is 13.0 Å². The van der Waals surface area contributed by atoms with Crippen LogP contribution in [-0.4, -0.2) is 40.2 Å². The van der Waals surface area contributed by atoms with Gasteiger partial charge in [-0.05, 0) is 37.5 Å². The first-order valence-corrected chi connectivity index (χ1v) is 9.82. The molecule has 0 aromatic heterocycles. The third kappa shape index (κ3) is 5.35. The maximum absolute atomic E-state index is 13.0. The minimum Gasteiger partial charge on any atom is -0.444 e. The van der Waals surface area contributed by atoms with Crippen LogP contribution in [0.2, 0.25) is 0 Å². The van der Waals surface area contributed by atoms with Crippen LogP contribution in [0.3, 0.4) is 0 Å². The van der Waals surface area contributed by atoms with Gasteiger partial charge in [0.05, 0.1) is 12.6 Å². The Morgan fingerprint density at radius 2 is 1.72 bits per heavy atom. The van der Waals surface area contributed by atoms with Crippen molar-refractivity contribution in [3.05, 3.63) is 71.3 Å². The van der Waals surface area contributed by atoms with Crippen LogP contribution >= 0.6 is 0 Å². The van der Waals surface area contributed by atoms with Crippen LogP contribution < -0.4 is 5.32 Å². The third-order valence-electron chi connectivity index (χ3n) is 4.83. The molecule has 3 rings (SSSR count). The van der Waals surface area contributed by atoms with Crippen LogP contribution in [0.5, 0.6) is 0 Å². The van der Waals surface area contributed by atoms with E-state index in [9.17, 15) is 14.7 Å². The molecule has 0 saturated heterocycles. The quantitative estimate of drug-likeness (QED) is 0.832. The van der Waals surface area contributed by atoms with Crippen molar-refractivity contribution in [2.45, 2.75) is 51.5 Å². The summed E-state index contributed by atoms with van der Waals surface area (Å²) in [5.74, 6) is -0.305. The minimum atomic E-state index is -0.814. The predicted octanol–water partition coefficient (Wildman–Crippen LogP) is 3.20. The molecule has 2 amide bonds. The SMILES string of the molecule is CC(C)(C)OC(=O)N1Cc2ccccc2C[C@H]1C(=O)NCC(O)c1ccccc1. The zero-order valence-electron chi connectivity index (χ0n) is 17.1. The molecule has 0 spiro atoms. The Balaban J connectivity index is 1.74. The lowest BCUT2D eigenvalue weighted by molar-refractivity contribution is -0.127. The molecular formula is C23H28N2O4. The number of hydrogen-bond donors (Lipinski definition) is 2. The van der Waals surface area contributed by atoms with Crippen molar-refractivity contribution in [2.24, 2.45) is 0 Å². The highest BCUT2D eigenvalue weighted by Crippen LogP contribution is 2.25. The number of aliphatic hydroxyl groups excluding tert-OH is 1. The van der Waals surface area contributed by atoms with Gasteiger partial charge in [0.2, 0.25) is 5.91 Å². The maximum Gasteiger partial charge on any atom is 0.411 e. The van der Waals surface area contributed by atoms with Gasteiger partial charge in [0.15, 0.2) is 0 Å². The molecule has 1 aliphatic heterocycles. The average Bonchev–Trinajstić information content (AvgIpc) is 2.70. The summed E-state index contributed by atoms with van der Waals surface area (Å²) in [6.07, 6.45) is -0.926. The molecule has 29 heavy (non-hydrogen) atoms. The van der Waals surface area contributed by atoms with E-state index >= 15 is 0 Å². The number of carbonyl (C=O) groups is 2. The lowest BCUT2D eigenvalue weighted by atomic mass is 9.93. The Morgan fingerprint density at radius 3 is 2.38 bits per heavy atom. The number of amides is 2. The first-order valence-electron chi connectivity index (χ1n) is 9.82. The minimum absolute atomic E-state index is 0.0726. The second-order valence-corrected chi connectivity index (χ2v) is 8.27. The van der Waals surface area contributed by atoms with Crippen LogP contribution in [-0.2, 0) is 22.5 Å². The van der Waals surface area contributed by atoms with Gasteiger partial charge < -0.3 is 15.2 Å². The second-order valence-electron chi connectivity index (χ2n) is 8.27. The molecule has 6 heteroatoms. The fraction of sp³-hybridized carbons (Fsp3) is 0.391. The third-order valence-corrected chi connectivity index (χ3v) is 4.83. The zero-order chi connectivity index (χ0) is 21.0. The average molecular weight is 396 g/mol. The molecule has 2 aromatic carbocycles. The molecule has 0 fully saturated rings. The highest BCUT2D eigenvalue weighted by atomic mass is 16.6. The summed E-state index contributed by atoms with van der Waals surface area (Å²) in [5.41, 5.74) is 2.12. The Kier molecular flexibility index (Phi) is 6.23. The molecule has 1 aliphatic rings. The van der Waals surface area contributed by atoms with Crippen LogP contribution in [0.25, 0.3) is 0 Å². The van der Waals surface area contributed by atoms with Gasteiger partial charge >= 0.3 is 6.09 Å². The van der Waals surface area contributed by atoms with Crippen molar-refractivity contribution < 1.29 is 19.4 Å². The normalized spacial score (nSPS) is 17.2. The molecule has 0 bridgehead atoms. The van der Waals surface area contributed by atoms with Gasteiger partial charge in [-0.25, -0.2) is 4.79 Å². The molecule has 0 aliphatic carbocycles. The number of ether oxygens (including phenoxy) is 1. The summed E-state index contributed by atoms with van der Waals surface area (Å²) in [4.78, 5) is 27.2. The van der Waals surface area contributed by atoms with Gasteiger partial charge in [-0.2, -0.15) is 0 Å². The highest BCUT2D eigenvalue weighted by molar-refractivity contribution is 5.86. The summed E-state index contributed by atoms with van der Waals surface area (Å²) in [6, 6.07) is 16.2. The first-order chi connectivity index (χ1) is 13.7. The molecule has 0 radical (unpaired) electrons. The monoisotopic (exact) mass is 396 g/mol. The van der Waals surface area contributed by atoms with Gasteiger partial charge in [-0.1, -0.05) is 54.6 Å². The van der Waals surface area contributed by atoms with Crippen LogP contribution in [0.4, 0.5) is 4.79 Å². The molecule has 2 atom stereocenters. The molecule has 1 heterocycles. The smallest absolute Gasteiger partial charge is 0.411 e. The number of fused-ring (bicyclic) bond motifs is 1. The van der Waals surface area contributed by atoms with E-state index in [2.05, 4.69) is 5.32 Å². The van der Waals surface area contributed by atoms with Crippen molar-refractivity contribution in [3.63, 3.8) is 0 Å². The summed E-state index contributed by atoms with van der Waals surface area (Å²) in [7, 11) is 0. The molecule has 2 aromatic rings. The number of nitrogens with one attached hydrogen (secondary N) is 1. The van der Waals surface area contributed by atoms with Gasteiger partial charge in [-0.15, -0.1) is 0 Å². The van der Waals surface area contributed by atoms with Crippen LogP contribution in [0.15, 0.2) is 54.6 Å². The van der Waals surface area contributed by atoms with Gasteiger partial charge in [-0.3, -0.25) is 9.69 Å². The van der Waals surface area contributed by atoms with Crippen molar-refractivity contribution in [1.29, 1.82) is 0 Å². The molecule has 1 unspecified atom stereocenters. The maximum atomic E-state index is 13.0. The summed E-state index contributed by atoms with van der Waals surface area (Å²) >= 11 is 0. The molecule has 2 N–H and O–H groups in total. The number of benzene rings is 2. The highest BCUT2D eigenvalue weighted by Gasteiger charge is 2.37. The van der Waals surface area contributed by atoms with E-state index in [0.717, 1.165) is 16.7 Å². The Labute approximate surface area is 171 Å². The van der Waals surface area contributed by atoms with E-state index < -0.39 is 23.8 Å². The van der Waals surface area contributed by atoms with E-state index in [1.54, 1.807) is 32.9 Å². The van der Waals surface area contributed by atoms with Gasteiger partial charge in [0.1, 0.15) is 11.6 Å². The van der Waals surface area contributed by atoms with Crippen molar-refractivity contribution >= 4 is 12.0 Å². The zero-order valence-corrected chi connectivity index (χ0v) is 17.1. The molecular weight excluding hydrogens is 368 g/mol. The van der Waals surface area contributed by atoms with E-state index in [4.69, 9.17) is 4.74 Å². The number of aliphatic hydroxyl groups is 1. The van der Waals surface area contributed by atoms with Crippen molar-refractivity contribution in [3.8, 4) is 0 Å². The predicted molar refractivity (Wildman–Crippen MR) is 110 cm³/mol. The summed E-state index contributed by atoms with van der Waals surface area (Å²) in [5, 5.41) is 13.1. The molecule has 0 saturated carbocycles. The number of rotatable bonds is 4. The lowest BCUT2D eigenvalue weighted by Gasteiger charge is -2.37. The van der Waals surface area contributed by atoms with Crippen LogP contribution in [0.1, 0.15) is 43.6 Å². The van der Waals surface area contributed by atoms with E-state index in [-0.39, 0.29) is 12.5 Å². The second kappa shape index (κ2) is 8.66. The Bertz CT molecular complexity index is 861. The summed E-state index contributed by atoms with van der Waals surface area (Å²) < 4.78 is 5.53. The Hall–Kier alpha value is -2.86. The number of hydrogen-bond acceptors (Lipinski definition) is 4. The van der Waals surface area contributed by atoms with E-state index in [1.165, 1.54) is 4.90 Å². The van der Waals surface area contributed by atoms with Crippen molar-refractivity contribution in [1.82, 2.24) is 10.2 Å². The Morgan fingerprint density at radius 1 is 1.10 bits per heavy atom. The van der Waals surface area contributed by atoms with Gasteiger partial charge in [0.25, 0.3) is 0 Å². The van der Waals surface area contributed by atoms with Crippen molar-refractivity contribution in [2.75, 3.05) is 6.54 Å². The van der Waals surface area contributed by atoms with E-state index in [1.807, 2.05) is 42.5 Å². The standard InChI is InChI=1S/C23H28N2O4/c1-23(2,3)29-22(28)25-15-18-12-8-7-11-17(18)13-19(25)21(27)24-14-20(26)16-9-5-4-6-10-16/h4-12,19-20,26H,13-15H2,1-3H3,(H,24,27)/t19-,20?/m0/s1.